The lowest BCUT2D eigenvalue weighted by Gasteiger charge is -2.31. The van der Waals surface area contributed by atoms with Gasteiger partial charge in [-0.25, -0.2) is 8.78 Å². The van der Waals surface area contributed by atoms with Crippen LogP contribution in [0.2, 0.25) is 0 Å². The Hall–Kier alpha value is -1.45. The van der Waals surface area contributed by atoms with Crippen LogP contribution in [0, 0.1) is 11.6 Å². The number of anilines is 1. The third kappa shape index (κ3) is 2.62. The molecule has 0 radical (unpaired) electrons. The van der Waals surface area contributed by atoms with Crippen LogP contribution in [-0.4, -0.2) is 12.5 Å². The quantitative estimate of drug-likeness (QED) is 0.741. The van der Waals surface area contributed by atoms with Gasteiger partial charge in [0.05, 0.1) is 5.69 Å². The monoisotopic (exact) mass is 239 g/mol. The average Bonchev–Trinajstić information content (AvgIpc) is 2.34. The van der Waals surface area contributed by atoms with E-state index in [1.54, 1.807) is 0 Å². The van der Waals surface area contributed by atoms with Crippen molar-refractivity contribution in [3.05, 3.63) is 29.8 Å². The Labute approximate surface area is 99.2 Å². The minimum atomic E-state index is -0.678. The molecule has 1 fully saturated rings. The van der Waals surface area contributed by atoms with Gasteiger partial charge in [0.1, 0.15) is 11.6 Å². The highest BCUT2D eigenvalue weighted by Gasteiger charge is 2.23. The van der Waals surface area contributed by atoms with E-state index < -0.39 is 11.6 Å². The number of hydrogen-bond acceptors (Lipinski definition) is 1. The van der Waals surface area contributed by atoms with Crippen molar-refractivity contribution in [2.24, 2.45) is 0 Å². The van der Waals surface area contributed by atoms with E-state index in [0.29, 0.717) is 6.41 Å². The molecule has 4 heteroatoms. The highest BCUT2D eigenvalue weighted by atomic mass is 19.1. The van der Waals surface area contributed by atoms with E-state index in [0.717, 1.165) is 38.2 Å². The number of nitrogens with zero attached hydrogens (tertiary/aromatic N) is 1. The summed E-state index contributed by atoms with van der Waals surface area (Å²) in [7, 11) is 0. The standard InChI is InChI=1S/C13H15F2NO/c14-10-6-7-13(12(15)8-10)16(9-17)11-4-2-1-3-5-11/h6-9,11H,1-5H2. The summed E-state index contributed by atoms with van der Waals surface area (Å²) in [5.41, 5.74) is 0.174. The van der Waals surface area contributed by atoms with Crippen molar-refractivity contribution in [2.45, 2.75) is 38.1 Å². The summed E-state index contributed by atoms with van der Waals surface area (Å²) in [6.45, 7) is 0. The summed E-state index contributed by atoms with van der Waals surface area (Å²) in [6, 6.07) is 3.36. The number of carbonyl (C=O) groups is 1. The molecule has 1 aromatic rings. The van der Waals surface area contributed by atoms with Crippen LogP contribution in [0.25, 0.3) is 0 Å². The minimum Gasteiger partial charge on any atom is -0.309 e. The minimum absolute atomic E-state index is 0.0428. The number of halogens is 2. The second-order valence-corrected chi connectivity index (χ2v) is 4.40. The van der Waals surface area contributed by atoms with Gasteiger partial charge in [-0.1, -0.05) is 19.3 Å². The summed E-state index contributed by atoms with van der Waals surface area (Å²) in [6.07, 6.45) is 5.68. The van der Waals surface area contributed by atoms with E-state index >= 15 is 0 Å². The molecular formula is C13H15F2NO. The van der Waals surface area contributed by atoms with Crippen LogP contribution in [0.4, 0.5) is 14.5 Å². The van der Waals surface area contributed by atoms with E-state index in [4.69, 9.17) is 0 Å². The first-order chi connectivity index (χ1) is 8.22. The maximum absolute atomic E-state index is 13.6. The van der Waals surface area contributed by atoms with E-state index in [2.05, 4.69) is 0 Å². The maximum atomic E-state index is 13.6. The van der Waals surface area contributed by atoms with Gasteiger partial charge in [-0.15, -0.1) is 0 Å². The molecule has 1 aliphatic carbocycles. The average molecular weight is 239 g/mol. The summed E-state index contributed by atoms with van der Waals surface area (Å²) < 4.78 is 26.4. The molecule has 92 valence electrons. The highest BCUT2D eigenvalue weighted by molar-refractivity contribution is 5.76. The van der Waals surface area contributed by atoms with Gasteiger partial charge in [-0.05, 0) is 25.0 Å². The van der Waals surface area contributed by atoms with Crippen LogP contribution in [0.1, 0.15) is 32.1 Å². The lowest BCUT2D eigenvalue weighted by Crippen LogP contribution is -2.36. The summed E-state index contributed by atoms with van der Waals surface area (Å²) >= 11 is 0. The van der Waals surface area contributed by atoms with Crippen molar-refractivity contribution in [3.8, 4) is 0 Å². The van der Waals surface area contributed by atoms with Gasteiger partial charge < -0.3 is 4.90 Å². The highest BCUT2D eigenvalue weighted by Crippen LogP contribution is 2.28. The SMILES string of the molecule is O=CN(c1ccc(F)cc1F)C1CCCCC1. The van der Waals surface area contributed by atoms with Gasteiger partial charge >= 0.3 is 0 Å². The molecule has 1 amide bonds. The molecule has 0 spiro atoms. The zero-order valence-corrected chi connectivity index (χ0v) is 9.53. The van der Waals surface area contributed by atoms with Crippen molar-refractivity contribution in [1.29, 1.82) is 0 Å². The fourth-order valence-electron chi connectivity index (χ4n) is 2.39. The number of carbonyl (C=O) groups excluding carboxylic acids is 1. The zero-order valence-electron chi connectivity index (χ0n) is 9.53. The smallest absolute Gasteiger partial charge is 0.214 e. The third-order valence-corrected chi connectivity index (χ3v) is 3.27. The van der Waals surface area contributed by atoms with E-state index in [9.17, 15) is 13.6 Å². The largest absolute Gasteiger partial charge is 0.309 e. The van der Waals surface area contributed by atoms with Gasteiger partial charge in [0.2, 0.25) is 6.41 Å². The number of amides is 1. The molecule has 2 rings (SSSR count). The first kappa shape index (κ1) is 12.0. The van der Waals surface area contributed by atoms with Gasteiger partial charge in [0, 0.05) is 12.1 Å². The molecule has 0 bridgehead atoms. The molecule has 0 atom stereocenters. The fourth-order valence-corrected chi connectivity index (χ4v) is 2.39. The van der Waals surface area contributed by atoms with Crippen LogP contribution in [0.3, 0.4) is 0 Å². The van der Waals surface area contributed by atoms with Crippen LogP contribution in [0.5, 0.6) is 0 Å². The normalized spacial score (nSPS) is 16.8. The van der Waals surface area contributed by atoms with Crippen LogP contribution in [0.15, 0.2) is 18.2 Å². The van der Waals surface area contributed by atoms with Crippen molar-refractivity contribution < 1.29 is 13.6 Å². The second kappa shape index (κ2) is 5.25. The summed E-state index contributed by atoms with van der Waals surface area (Å²) in [5.74, 6) is -1.30. The first-order valence-electron chi connectivity index (χ1n) is 5.91. The molecule has 0 N–H and O–H groups in total. The van der Waals surface area contributed by atoms with Gasteiger partial charge in [-0.3, -0.25) is 4.79 Å². The number of rotatable bonds is 3. The molecule has 17 heavy (non-hydrogen) atoms. The molecule has 0 heterocycles. The van der Waals surface area contributed by atoms with E-state index in [1.807, 2.05) is 0 Å². The molecule has 0 aromatic heterocycles. The lowest BCUT2D eigenvalue weighted by molar-refractivity contribution is -0.108. The van der Waals surface area contributed by atoms with Crippen molar-refractivity contribution in [2.75, 3.05) is 4.90 Å². The summed E-state index contributed by atoms with van der Waals surface area (Å²) in [4.78, 5) is 12.5. The predicted molar refractivity (Wildman–Crippen MR) is 61.8 cm³/mol. The van der Waals surface area contributed by atoms with Crippen molar-refractivity contribution in [3.63, 3.8) is 0 Å². The Morgan fingerprint density at radius 1 is 1.18 bits per heavy atom. The van der Waals surface area contributed by atoms with Crippen molar-refractivity contribution in [1.82, 2.24) is 0 Å². The first-order valence-corrected chi connectivity index (χ1v) is 5.91. The molecular weight excluding hydrogens is 224 g/mol. The Balaban J connectivity index is 2.24. The Bertz CT molecular complexity index is 402. The van der Waals surface area contributed by atoms with E-state index in [1.165, 1.54) is 17.0 Å². The number of hydrogen-bond donors (Lipinski definition) is 0. The molecule has 0 saturated heterocycles. The molecule has 2 nitrogen and oxygen atoms in total. The molecule has 1 aromatic carbocycles. The van der Waals surface area contributed by atoms with Crippen LogP contribution in [-0.2, 0) is 4.79 Å². The predicted octanol–water partition coefficient (Wildman–Crippen LogP) is 3.26. The Morgan fingerprint density at radius 2 is 1.88 bits per heavy atom. The third-order valence-electron chi connectivity index (χ3n) is 3.27. The topological polar surface area (TPSA) is 20.3 Å². The molecule has 0 aliphatic heterocycles. The lowest BCUT2D eigenvalue weighted by atomic mass is 9.94. The van der Waals surface area contributed by atoms with Crippen LogP contribution >= 0.6 is 0 Å². The fraction of sp³-hybridized carbons (Fsp3) is 0.462. The zero-order chi connectivity index (χ0) is 12.3. The number of benzene rings is 1. The van der Waals surface area contributed by atoms with Gasteiger partial charge in [0.15, 0.2) is 0 Å². The second-order valence-electron chi connectivity index (χ2n) is 4.40. The van der Waals surface area contributed by atoms with Gasteiger partial charge in [0.25, 0.3) is 0 Å². The Kier molecular flexibility index (Phi) is 3.71. The van der Waals surface area contributed by atoms with Gasteiger partial charge in [-0.2, -0.15) is 0 Å². The molecule has 0 unspecified atom stereocenters. The van der Waals surface area contributed by atoms with Crippen LogP contribution < -0.4 is 4.90 Å². The molecule has 1 aliphatic rings. The van der Waals surface area contributed by atoms with Crippen molar-refractivity contribution >= 4 is 12.1 Å². The maximum Gasteiger partial charge on any atom is 0.214 e. The molecule has 1 saturated carbocycles. The Morgan fingerprint density at radius 3 is 2.47 bits per heavy atom. The van der Waals surface area contributed by atoms with E-state index in [-0.39, 0.29) is 11.7 Å². The summed E-state index contributed by atoms with van der Waals surface area (Å²) in [5, 5.41) is 0.